The van der Waals surface area contributed by atoms with Gasteiger partial charge >= 0.3 is 0 Å². The van der Waals surface area contributed by atoms with Gasteiger partial charge in [-0.15, -0.1) is 0 Å². The quantitative estimate of drug-likeness (QED) is 0.694. The molecule has 0 aliphatic carbocycles. The molecule has 0 radical (unpaired) electrons. The topological polar surface area (TPSA) is 50.4 Å². The third-order valence-corrected chi connectivity index (χ3v) is 5.41. The Kier molecular flexibility index (Phi) is 5.89. The van der Waals surface area contributed by atoms with E-state index in [1.165, 1.54) is 0 Å². The van der Waals surface area contributed by atoms with Gasteiger partial charge in [-0.1, -0.05) is 23.2 Å². The lowest BCUT2D eigenvalue weighted by molar-refractivity contribution is 0.102. The summed E-state index contributed by atoms with van der Waals surface area (Å²) in [4.78, 5) is 12.6. The normalized spacial score (nSPS) is 13.3. The summed E-state index contributed by atoms with van der Waals surface area (Å²) in [5.74, 6) is 0.436. The molecule has 0 spiro atoms. The van der Waals surface area contributed by atoms with Crippen molar-refractivity contribution in [1.29, 1.82) is 0 Å². The molecule has 1 amide bonds. The third kappa shape index (κ3) is 3.95. The van der Waals surface area contributed by atoms with E-state index in [0.29, 0.717) is 40.2 Å². The van der Waals surface area contributed by atoms with E-state index < -0.39 is 0 Å². The minimum absolute atomic E-state index is 0.259. The zero-order chi connectivity index (χ0) is 18.0. The number of nitrogens with one attached hydrogen (secondary N) is 2. The molecule has 132 valence electrons. The number of halogens is 3. The molecule has 2 aromatic rings. The third-order valence-electron chi connectivity index (χ3n) is 4.02. The van der Waals surface area contributed by atoms with Gasteiger partial charge in [0.05, 0.1) is 21.8 Å². The van der Waals surface area contributed by atoms with Crippen LogP contribution >= 0.6 is 39.1 Å². The van der Waals surface area contributed by atoms with Crippen molar-refractivity contribution in [2.75, 3.05) is 18.5 Å². The monoisotopic (exact) mass is 442 g/mol. The van der Waals surface area contributed by atoms with Crippen molar-refractivity contribution in [3.8, 4) is 5.75 Å². The number of carbonyl (C=O) groups excluding carboxylic acids is 1. The SMILES string of the molecule is CCOc1ccc(C(=O)Nc2cc(Cl)c3c(c2Cl)CNCC3)cc1Br. The summed E-state index contributed by atoms with van der Waals surface area (Å²) in [5, 5.41) is 7.28. The first kappa shape index (κ1) is 18.5. The predicted octanol–water partition coefficient (Wildman–Crippen LogP) is 5.05. The van der Waals surface area contributed by atoms with Gasteiger partial charge in [0.25, 0.3) is 5.91 Å². The summed E-state index contributed by atoms with van der Waals surface area (Å²) in [6, 6.07) is 6.90. The summed E-state index contributed by atoms with van der Waals surface area (Å²) in [6.45, 7) is 3.98. The minimum atomic E-state index is -0.259. The maximum absolute atomic E-state index is 12.6. The second-order valence-corrected chi connectivity index (χ2v) is 7.28. The zero-order valence-electron chi connectivity index (χ0n) is 13.6. The first-order chi connectivity index (χ1) is 12.0. The molecule has 1 aliphatic rings. The van der Waals surface area contributed by atoms with E-state index in [4.69, 9.17) is 27.9 Å². The van der Waals surface area contributed by atoms with Crippen LogP contribution in [0.3, 0.4) is 0 Å². The van der Waals surface area contributed by atoms with Gasteiger partial charge in [-0.2, -0.15) is 0 Å². The molecule has 0 saturated carbocycles. The number of amides is 1. The highest BCUT2D eigenvalue weighted by atomic mass is 79.9. The van der Waals surface area contributed by atoms with Crippen LogP contribution in [0.2, 0.25) is 10.0 Å². The molecule has 0 saturated heterocycles. The first-order valence-electron chi connectivity index (χ1n) is 7.95. The average molecular weight is 444 g/mol. The van der Waals surface area contributed by atoms with Crippen molar-refractivity contribution in [2.24, 2.45) is 0 Å². The maximum atomic E-state index is 12.6. The average Bonchev–Trinajstić information content (AvgIpc) is 2.61. The van der Waals surface area contributed by atoms with Gasteiger partial charge in [0.1, 0.15) is 5.75 Å². The number of ether oxygens (including phenoxy) is 1. The van der Waals surface area contributed by atoms with E-state index in [0.717, 1.165) is 28.6 Å². The number of anilines is 1. The second kappa shape index (κ2) is 7.96. The predicted molar refractivity (Wildman–Crippen MR) is 105 cm³/mol. The highest BCUT2D eigenvalue weighted by molar-refractivity contribution is 9.10. The van der Waals surface area contributed by atoms with Crippen LogP contribution in [0, 0.1) is 0 Å². The Morgan fingerprint density at radius 1 is 1.32 bits per heavy atom. The summed E-state index contributed by atoms with van der Waals surface area (Å²) in [6.07, 6.45) is 0.827. The second-order valence-electron chi connectivity index (χ2n) is 5.64. The Balaban J connectivity index is 1.86. The van der Waals surface area contributed by atoms with Crippen molar-refractivity contribution in [1.82, 2.24) is 5.32 Å². The van der Waals surface area contributed by atoms with E-state index >= 15 is 0 Å². The van der Waals surface area contributed by atoms with Crippen LogP contribution in [0.15, 0.2) is 28.7 Å². The molecule has 1 aliphatic heterocycles. The molecule has 4 nitrogen and oxygen atoms in total. The van der Waals surface area contributed by atoms with Crippen LogP contribution in [-0.4, -0.2) is 19.1 Å². The molecule has 0 bridgehead atoms. The van der Waals surface area contributed by atoms with Gasteiger partial charge in [0.15, 0.2) is 0 Å². The molecular formula is C18H17BrCl2N2O2. The van der Waals surface area contributed by atoms with Crippen LogP contribution in [0.5, 0.6) is 5.75 Å². The fourth-order valence-electron chi connectivity index (χ4n) is 2.80. The lowest BCUT2D eigenvalue weighted by Gasteiger charge is -2.22. The number of benzene rings is 2. The molecule has 2 aromatic carbocycles. The molecule has 0 fully saturated rings. The lowest BCUT2D eigenvalue weighted by Crippen LogP contribution is -2.25. The summed E-state index contributed by atoms with van der Waals surface area (Å²) in [7, 11) is 0. The zero-order valence-corrected chi connectivity index (χ0v) is 16.7. The highest BCUT2D eigenvalue weighted by Crippen LogP contribution is 2.36. The molecule has 1 heterocycles. The van der Waals surface area contributed by atoms with Crippen LogP contribution in [0.4, 0.5) is 5.69 Å². The maximum Gasteiger partial charge on any atom is 0.255 e. The minimum Gasteiger partial charge on any atom is -0.493 e. The molecule has 0 aromatic heterocycles. The van der Waals surface area contributed by atoms with Gasteiger partial charge in [0, 0.05) is 17.1 Å². The van der Waals surface area contributed by atoms with E-state index in [1.807, 2.05) is 6.92 Å². The number of carbonyl (C=O) groups is 1. The summed E-state index contributed by atoms with van der Waals surface area (Å²) in [5.41, 5.74) is 3.01. The van der Waals surface area contributed by atoms with Gasteiger partial charge in [-0.3, -0.25) is 4.79 Å². The molecule has 3 rings (SSSR count). The molecular weight excluding hydrogens is 427 g/mol. The van der Waals surface area contributed by atoms with Crippen LogP contribution in [0.1, 0.15) is 28.4 Å². The van der Waals surface area contributed by atoms with Gasteiger partial charge in [-0.25, -0.2) is 0 Å². The van der Waals surface area contributed by atoms with E-state index in [9.17, 15) is 4.79 Å². The number of fused-ring (bicyclic) bond motifs is 1. The molecule has 0 unspecified atom stereocenters. The van der Waals surface area contributed by atoms with E-state index in [1.54, 1.807) is 24.3 Å². The van der Waals surface area contributed by atoms with E-state index in [2.05, 4.69) is 26.6 Å². The fraction of sp³-hybridized carbons (Fsp3) is 0.278. The standard InChI is InChI=1S/C18H17BrCl2N2O2/c1-2-25-16-4-3-10(7-13(16)19)18(24)23-15-8-14(20)11-5-6-22-9-12(11)17(15)21/h3-4,7-8,22H,2,5-6,9H2,1H3,(H,23,24). The van der Waals surface area contributed by atoms with Crippen molar-refractivity contribution < 1.29 is 9.53 Å². The van der Waals surface area contributed by atoms with Gasteiger partial charge < -0.3 is 15.4 Å². The fourth-order valence-corrected chi connectivity index (χ4v) is 3.89. The van der Waals surface area contributed by atoms with Crippen LogP contribution < -0.4 is 15.4 Å². The van der Waals surface area contributed by atoms with Gasteiger partial charge in [-0.05, 0) is 71.2 Å². The van der Waals surface area contributed by atoms with E-state index in [-0.39, 0.29) is 5.91 Å². The van der Waals surface area contributed by atoms with Crippen LogP contribution in [0.25, 0.3) is 0 Å². The Bertz CT molecular complexity index is 827. The number of hydrogen-bond acceptors (Lipinski definition) is 3. The summed E-state index contributed by atoms with van der Waals surface area (Å²) >= 11 is 16.3. The van der Waals surface area contributed by atoms with Gasteiger partial charge in [0.2, 0.25) is 0 Å². The molecule has 7 heteroatoms. The molecule has 25 heavy (non-hydrogen) atoms. The largest absolute Gasteiger partial charge is 0.493 e. The van der Waals surface area contributed by atoms with Crippen molar-refractivity contribution in [3.63, 3.8) is 0 Å². The Morgan fingerprint density at radius 2 is 2.12 bits per heavy atom. The number of hydrogen-bond donors (Lipinski definition) is 2. The number of rotatable bonds is 4. The first-order valence-corrected chi connectivity index (χ1v) is 9.50. The van der Waals surface area contributed by atoms with Crippen LogP contribution in [-0.2, 0) is 13.0 Å². The Morgan fingerprint density at radius 3 is 2.84 bits per heavy atom. The summed E-state index contributed by atoms with van der Waals surface area (Å²) < 4.78 is 6.19. The van der Waals surface area contributed by atoms with Crippen molar-refractivity contribution >= 4 is 50.7 Å². The Labute approximate surface area is 165 Å². The molecule has 0 atom stereocenters. The highest BCUT2D eigenvalue weighted by Gasteiger charge is 2.20. The van der Waals surface area contributed by atoms with Crippen molar-refractivity contribution in [3.05, 3.63) is 55.5 Å². The molecule has 2 N–H and O–H groups in total. The smallest absolute Gasteiger partial charge is 0.255 e. The lowest BCUT2D eigenvalue weighted by atomic mass is 10.00. The Hall–Kier alpha value is -1.27. The van der Waals surface area contributed by atoms with Crippen molar-refractivity contribution in [2.45, 2.75) is 19.9 Å².